The Morgan fingerprint density at radius 1 is 1.17 bits per heavy atom. The van der Waals surface area contributed by atoms with Gasteiger partial charge in [-0.2, -0.15) is 0 Å². The zero-order valence-electron chi connectivity index (χ0n) is 19.4. The lowest BCUT2D eigenvalue weighted by Gasteiger charge is -2.15. The summed E-state index contributed by atoms with van der Waals surface area (Å²) >= 11 is 4.87. The molecule has 0 saturated carbocycles. The maximum absolute atomic E-state index is 14.3. The van der Waals surface area contributed by atoms with E-state index >= 15 is 0 Å². The minimum absolute atomic E-state index is 0.0348. The highest BCUT2D eigenvalue weighted by Crippen LogP contribution is 2.43. The van der Waals surface area contributed by atoms with Crippen LogP contribution in [0.1, 0.15) is 34.6 Å². The van der Waals surface area contributed by atoms with Crippen LogP contribution >= 0.6 is 27.3 Å². The lowest BCUT2D eigenvalue weighted by Crippen LogP contribution is -2.28. The van der Waals surface area contributed by atoms with Crippen molar-refractivity contribution >= 4 is 43.3 Å². The van der Waals surface area contributed by atoms with Crippen LogP contribution in [0, 0.1) is 5.82 Å². The van der Waals surface area contributed by atoms with Gasteiger partial charge in [0.15, 0.2) is 11.5 Å². The molecule has 4 aromatic rings. The van der Waals surface area contributed by atoms with Gasteiger partial charge in [0.05, 0.1) is 34.1 Å². The van der Waals surface area contributed by atoms with Gasteiger partial charge in [0, 0.05) is 23.1 Å². The van der Waals surface area contributed by atoms with E-state index in [1.54, 1.807) is 24.3 Å². The highest BCUT2D eigenvalue weighted by atomic mass is 79.9. The second-order valence-corrected chi connectivity index (χ2v) is 10.1. The average molecular weight is 559 g/mol. The monoisotopic (exact) mass is 558 g/mol. The van der Waals surface area contributed by atoms with Crippen LogP contribution in [0.25, 0.3) is 21.3 Å². The second kappa shape index (κ2) is 10.7. The molecule has 0 aliphatic heterocycles. The van der Waals surface area contributed by atoms with Crippen LogP contribution in [0.15, 0.2) is 52.3 Å². The number of ether oxygens (including phenoxy) is 2. The molecule has 2 aromatic carbocycles. The molecule has 2 N–H and O–H groups in total. The molecule has 2 aromatic heterocycles. The number of benzene rings is 2. The van der Waals surface area contributed by atoms with Gasteiger partial charge in [0.25, 0.3) is 5.91 Å². The molecule has 9 heteroatoms. The van der Waals surface area contributed by atoms with Crippen LogP contribution in [0.2, 0.25) is 0 Å². The zero-order chi connectivity index (χ0) is 25.1. The summed E-state index contributed by atoms with van der Waals surface area (Å²) in [7, 11) is 3.02. The van der Waals surface area contributed by atoms with E-state index in [1.165, 1.54) is 31.6 Å². The van der Waals surface area contributed by atoms with E-state index in [4.69, 9.17) is 9.47 Å². The summed E-state index contributed by atoms with van der Waals surface area (Å²) in [6, 6.07) is 13.6. The molecule has 1 atom stereocenters. The van der Waals surface area contributed by atoms with Crippen molar-refractivity contribution in [3.05, 3.63) is 75.0 Å². The van der Waals surface area contributed by atoms with Gasteiger partial charge < -0.3 is 19.9 Å². The summed E-state index contributed by atoms with van der Waals surface area (Å²) < 4.78 is 26.1. The van der Waals surface area contributed by atoms with Crippen molar-refractivity contribution in [1.82, 2.24) is 10.3 Å². The van der Waals surface area contributed by atoms with Gasteiger partial charge in [0.2, 0.25) is 0 Å². The van der Waals surface area contributed by atoms with Crippen LogP contribution in [0.3, 0.4) is 0 Å². The summed E-state index contributed by atoms with van der Waals surface area (Å²) in [5, 5.41) is 14.4. The maximum atomic E-state index is 14.3. The van der Waals surface area contributed by atoms with Crippen LogP contribution in [0.5, 0.6) is 11.5 Å². The summed E-state index contributed by atoms with van der Waals surface area (Å²) in [5.41, 5.74) is 3.19. The van der Waals surface area contributed by atoms with Gasteiger partial charge in [-0.1, -0.05) is 19.1 Å². The molecular formula is C26H24BrFN2O4S. The third kappa shape index (κ3) is 5.17. The maximum Gasteiger partial charge on any atom is 0.251 e. The van der Waals surface area contributed by atoms with E-state index in [-0.39, 0.29) is 18.3 Å². The number of nitrogens with zero attached hydrogens (tertiary/aromatic N) is 1. The standard InChI is InChI=1S/C26H24BrFN2O4S/c1-4-14-10-18(20(31)13-29-26(32)15-8-9-21(33-2)22(12-15)34-3)30-19(11-14)23-16-6-5-7-17(28)24(16)35-25(23)27/h5-12,20,31H,4,13H2,1-3H3,(H,29,32). The van der Waals surface area contributed by atoms with Crippen molar-refractivity contribution in [3.8, 4) is 22.8 Å². The number of aliphatic hydroxyl groups is 1. The number of hydrogen-bond acceptors (Lipinski definition) is 6. The number of nitrogens with one attached hydrogen (secondary N) is 1. The number of aryl methyl sites for hydroxylation is 1. The van der Waals surface area contributed by atoms with E-state index in [0.29, 0.717) is 33.2 Å². The summed E-state index contributed by atoms with van der Waals surface area (Å²) in [4.78, 5) is 17.4. The Morgan fingerprint density at radius 2 is 1.94 bits per heavy atom. The number of aliphatic hydroxyl groups excluding tert-OH is 1. The lowest BCUT2D eigenvalue weighted by atomic mass is 10.0. The molecule has 0 bridgehead atoms. The molecule has 0 radical (unpaired) electrons. The van der Waals surface area contributed by atoms with E-state index in [2.05, 4.69) is 26.2 Å². The number of fused-ring (bicyclic) bond motifs is 1. The minimum Gasteiger partial charge on any atom is -0.493 e. The van der Waals surface area contributed by atoms with Crippen molar-refractivity contribution in [2.75, 3.05) is 20.8 Å². The number of rotatable bonds is 8. The normalized spacial score (nSPS) is 11.9. The van der Waals surface area contributed by atoms with Crippen molar-refractivity contribution in [2.45, 2.75) is 19.4 Å². The van der Waals surface area contributed by atoms with Crippen molar-refractivity contribution in [3.63, 3.8) is 0 Å². The smallest absolute Gasteiger partial charge is 0.251 e. The number of amides is 1. The Kier molecular flexibility index (Phi) is 7.69. The molecule has 6 nitrogen and oxygen atoms in total. The molecular weight excluding hydrogens is 535 g/mol. The van der Waals surface area contributed by atoms with Gasteiger partial charge in [-0.05, 0) is 64.3 Å². The van der Waals surface area contributed by atoms with E-state index in [1.807, 2.05) is 25.1 Å². The number of halogens is 2. The number of thiophene rings is 1. The highest BCUT2D eigenvalue weighted by Gasteiger charge is 2.20. The second-order valence-electron chi connectivity index (χ2n) is 7.80. The molecule has 2 heterocycles. The van der Waals surface area contributed by atoms with Crippen molar-refractivity contribution in [2.24, 2.45) is 0 Å². The number of aromatic nitrogens is 1. The van der Waals surface area contributed by atoms with Crippen LogP contribution < -0.4 is 14.8 Å². The minimum atomic E-state index is -1.04. The van der Waals surface area contributed by atoms with Crippen LogP contribution in [-0.4, -0.2) is 36.8 Å². The molecule has 1 unspecified atom stereocenters. The molecule has 0 aliphatic carbocycles. The first kappa shape index (κ1) is 25.1. The molecule has 182 valence electrons. The van der Waals surface area contributed by atoms with Crippen LogP contribution in [0.4, 0.5) is 4.39 Å². The molecule has 0 spiro atoms. The zero-order valence-corrected chi connectivity index (χ0v) is 21.8. The fourth-order valence-corrected chi connectivity index (χ4v) is 5.63. The Bertz CT molecular complexity index is 1390. The topological polar surface area (TPSA) is 80.7 Å². The third-order valence-electron chi connectivity index (χ3n) is 5.64. The van der Waals surface area contributed by atoms with Gasteiger partial charge in [-0.25, -0.2) is 9.37 Å². The van der Waals surface area contributed by atoms with E-state index in [0.717, 1.165) is 26.7 Å². The average Bonchev–Trinajstić information content (AvgIpc) is 3.23. The number of carbonyl (C=O) groups is 1. The summed E-state index contributed by atoms with van der Waals surface area (Å²) in [6.45, 7) is 1.97. The Morgan fingerprint density at radius 3 is 2.66 bits per heavy atom. The first-order valence-corrected chi connectivity index (χ1v) is 12.5. The quantitative estimate of drug-likeness (QED) is 0.281. The van der Waals surface area contributed by atoms with Gasteiger partial charge >= 0.3 is 0 Å². The molecule has 35 heavy (non-hydrogen) atoms. The number of hydrogen-bond donors (Lipinski definition) is 2. The molecule has 0 fully saturated rings. The fourth-order valence-electron chi connectivity index (χ4n) is 3.78. The summed E-state index contributed by atoms with van der Waals surface area (Å²) in [5.74, 6) is 0.306. The number of methoxy groups -OCH3 is 2. The Labute approximate surface area is 214 Å². The van der Waals surface area contributed by atoms with E-state index in [9.17, 15) is 14.3 Å². The Balaban J connectivity index is 1.59. The number of carbonyl (C=O) groups excluding carboxylic acids is 1. The highest BCUT2D eigenvalue weighted by molar-refractivity contribution is 9.11. The SMILES string of the molecule is CCc1cc(-c2c(Br)sc3c(F)cccc23)nc(C(O)CNC(=O)c2ccc(OC)c(OC)c2)c1. The molecule has 0 saturated heterocycles. The molecule has 4 rings (SSSR count). The van der Waals surface area contributed by atoms with Gasteiger partial charge in [-0.3, -0.25) is 4.79 Å². The largest absolute Gasteiger partial charge is 0.493 e. The van der Waals surface area contributed by atoms with Crippen molar-refractivity contribution in [1.29, 1.82) is 0 Å². The van der Waals surface area contributed by atoms with Gasteiger partial charge in [-0.15, -0.1) is 11.3 Å². The third-order valence-corrected chi connectivity index (χ3v) is 7.52. The van der Waals surface area contributed by atoms with Crippen molar-refractivity contribution < 1.29 is 23.8 Å². The fraction of sp³-hybridized carbons (Fsp3) is 0.231. The van der Waals surface area contributed by atoms with Crippen LogP contribution in [-0.2, 0) is 6.42 Å². The first-order valence-electron chi connectivity index (χ1n) is 10.9. The molecule has 1 amide bonds. The number of pyridine rings is 1. The first-order chi connectivity index (χ1) is 16.9. The lowest BCUT2D eigenvalue weighted by molar-refractivity contribution is 0.0913. The molecule has 0 aliphatic rings. The predicted molar refractivity (Wildman–Crippen MR) is 139 cm³/mol. The van der Waals surface area contributed by atoms with E-state index < -0.39 is 6.10 Å². The summed E-state index contributed by atoms with van der Waals surface area (Å²) in [6.07, 6.45) is -0.314. The van der Waals surface area contributed by atoms with Gasteiger partial charge in [0.1, 0.15) is 11.9 Å². The Hall–Kier alpha value is -3.01. The predicted octanol–water partition coefficient (Wildman–Crippen LogP) is 5.91.